The molecule has 2 atom stereocenters. The number of halogens is 1. The van der Waals surface area contributed by atoms with Gasteiger partial charge in [0.1, 0.15) is 0 Å². The zero-order valence-corrected chi connectivity index (χ0v) is 13.0. The molecular formula is C14H20BrNS. The third-order valence-corrected chi connectivity index (χ3v) is 6.13. The predicted octanol–water partition coefficient (Wildman–Crippen LogP) is 4.52. The molecule has 2 aliphatic rings. The molecule has 0 radical (unpaired) electrons. The van der Waals surface area contributed by atoms with E-state index in [1.54, 1.807) is 10.4 Å². The van der Waals surface area contributed by atoms with Crippen molar-refractivity contribution < 1.29 is 0 Å². The van der Waals surface area contributed by atoms with Gasteiger partial charge in [-0.25, -0.2) is 0 Å². The largest absolute Gasteiger partial charge is 0.310 e. The molecule has 0 aliphatic heterocycles. The highest BCUT2D eigenvalue weighted by Crippen LogP contribution is 2.51. The molecule has 3 rings (SSSR count). The van der Waals surface area contributed by atoms with Gasteiger partial charge in [-0.2, -0.15) is 0 Å². The van der Waals surface area contributed by atoms with Crippen LogP contribution in [0.25, 0.3) is 0 Å². The van der Waals surface area contributed by atoms with Gasteiger partial charge in [0.15, 0.2) is 0 Å². The van der Waals surface area contributed by atoms with Gasteiger partial charge in [-0.15, -0.1) is 11.3 Å². The van der Waals surface area contributed by atoms with Gasteiger partial charge in [-0.3, -0.25) is 0 Å². The second-order valence-corrected chi connectivity index (χ2v) is 8.69. The number of nitrogens with one attached hydrogen (secondary N) is 1. The lowest BCUT2D eigenvalue weighted by Crippen LogP contribution is -2.27. The van der Waals surface area contributed by atoms with Crippen LogP contribution >= 0.6 is 27.3 Å². The average molecular weight is 314 g/mol. The summed E-state index contributed by atoms with van der Waals surface area (Å²) in [5.41, 5.74) is 2.16. The van der Waals surface area contributed by atoms with E-state index in [1.165, 1.54) is 36.0 Å². The van der Waals surface area contributed by atoms with E-state index in [0.717, 1.165) is 5.92 Å². The summed E-state index contributed by atoms with van der Waals surface area (Å²) < 4.78 is 1.29. The Bertz CT molecular complexity index is 424. The summed E-state index contributed by atoms with van der Waals surface area (Å²) in [6.07, 6.45) is 5.32. The quantitative estimate of drug-likeness (QED) is 0.865. The van der Waals surface area contributed by atoms with Crippen molar-refractivity contribution in [2.45, 2.75) is 45.6 Å². The van der Waals surface area contributed by atoms with Crippen LogP contribution in [0.4, 0.5) is 0 Å². The van der Waals surface area contributed by atoms with Crippen molar-refractivity contribution in [1.29, 1.82) is 0 Å². The summed E-state index contributed by atoms with van der Waals surface area (Å²) in [6.45, 7) is 5.96. The second-order valence-electron chi connectivity index (χ2n) is 6.17. The molecule has 2 unspecified atom stereocenters. The molecule has 0 amide bonds. The monoisotopic (exact) mass is 313 g/mol. The molecule has 3 heteroatoms. The van der Waals surface area contributed by atoms with Crippen LogP contribution in [0.1, 0.15) is 49.6 Å². The van der Waals surface area contributed by atoms with Gasteiger partial charge in [0.2, 0.25) is 0 Å². The van der Waals surface area contributed by atoms with E-state index >= 15 is 0 Å². The molecule has 0 spiro atoms. The highest BCUT2D eigenvalue weighted by molar-refractivity contribution is 9.11. The van der Waals surface area contributed by atoms with E-state index in [1.807, 2.05) is 11.3 Å². The van der Waals surface area contributed by atoms with E-state index < -0.39 is 0 Å². The van der Waals surface area contributed by atoms with E-state index in [9.17, 15) is 0 Å². The molecule has 2 aliphatic carbocycles. The molecule has 0 saturated heterocycles. The van der Waals surface area contributed by atoms with Gasteiger partial charge in [0.25, 0.3) is 0 Å². The molecule has 17 heavy (non-hydrogen) atoms. The lowest BCUT2D eigenvalue weighted by molar-refractivity contribution is 0.429. The van der Waals surface area contributed by atoms with Crippen molar-refractivity contribution >= 4 is 27.3 Å². The number of hydrogen-bond donors (Lipinski definition) is 1. The number of hydrogen-bond acceptors (Lipinski definition) is 2. The van der Waals surface area contributed by atoms with Gasteiger partial charge in [-0.05, 0) is 71.1 Å². The fraction of sp³-hybridized carbons (Fsp3) is 0.714. The molecule has 0 aromatic carbocycles. The maximum Gasteiger partial charge on any atom is 0.0704 e. The van der Waals surface area contributed by atoms with E-state index in [4.69, 9.17) is 0 Å². The van der Waals surface area contributed by atoms with Crippen molar-refractivity contribution in [2.75, 3.05) is 6.54 Å². The van der Waals surface area contributed by atoms with Crippen LogP contribution in [0.2, 0.25) is 0 Å². The topological polar surface area (TPSA) is 12.0 Å². The average Bonchev–Trinajstić information content (AvgIpc) is 2.69. The van der Waals surface area contributed by atoms with Crippen molar-refractivity contribution in [3.63, 3.8) is 0 Å². The fourth-order valence-electron chi connectivity index (χ4n) is 2.94. The van der Waals surface area contributed by atoms with Crippen molar-refractivity contribution in [1.82, 2.24) is 5.32 Å². The molecule has 1 aromatic rings. The Morgan fingerprint density at radius 2 is 2.29 bits per heavy atom. The highest BCUT2D eigenvalue weighted by Gasteiger charge is 2.45. The van der Waals surface area contributed by atoms with Gasteiger partial charge in [0.05, 0.1) is 3.79 Å². The van der Waals surface area contributed by atoms with Gasteiger partial charge < -0.3 is 5.32 Å². The number of fused-ring (bicyclic) bond motifs is 1. The first kappa shape index (κ1) is 12.2. The first-order valence-corrected chi connectivity index (χ1v) is 8.19. The minimum atomic E-state index is 0.597. The molecule has 1 saturated carbocycles. The normalized spacial score (nSPS) is 30.1. The lowest BCUT2D eigenvalue weighted by atomic mass is 9.94. The molecule has 0 bridgehead atoms. The minimum Gasteiger partial charge on any atom is -0.310 e. The summed E-state index contributed by atoms with van der Waals surface area (Å²) in [4.78, 5) is 1.59. The van der Waals surface area contributed by atoms with Crippen molar-refractivity contribution in [2.24, 2.45) is 11.3 Å². The molecule has 1 nitrogen and oxygen atoms in total. The van der Waals surface area contributed by atoms with Crippen molar-refractivity contribution in [3.8, 4) is 0 Å². The van der Waals surface area contributed by atoms with E-state index in [0.29, 0.717) is 11.5 Å². The lowest BCUT2D eigenvalue weighted by Gasteiger charge is -2.24. The Hall–Kier alpha value is 0.140. The number of aryl methyl sites for hydroxylation is 1. The summed E-state index contributed by atoms with van der Waals surface area (Å²) in [6, 6.07) is 2.94. The second kappa shape index (κ2) is 4.36. The maximum absolute atomic E-state index is 3.79. The van der Waals surface area contributed by atoms with Crippen LogP contribution in [0.15, 0.2) is 9.85 Å². The summed E-state index contributed by atoms with van der Waals surface area (Å²) >= 11 is 5.54. The summed E-state index contributed by atoms with van der Waals surface area (Å²) in [5.74, 6) is 0.898. The fourth-order valence-corrected chi connectivity index (χ4v) is 4.76. The third kappa shape index (κ3) is 2.47. The first-order chi connectivity index (χ1) is 8.06. The Labute approximate surface area is 116 Å². The van der Waals surface area contributed by atoms with Gasteiger partial charge in [-0.1, -0.05) is 13.8 Å². The molecular weight excluding hydrogens is 294 g/mol. The zero-order chi connectivity index (χ0) is 12.0. The maximum atomic E-state index is 3.79. The zero-order valence-electron chi connectivity index (χ0n) is 10.6. The third-order valence-electron chi connectivity index (χ3n) is 4.41. The Kier molecular flexibility index (Phi) is 3.12. The summed E-state index contributed by atoms with van der Waals surface area (Å²) in [5, 5.41) is 3.79. The minimum absolute atomic E-state index is 0.597. The van der Waals surface area contributed by atoms with Crippen LogP contribution in [-0.2, 0) is 6.42 Å². The van der Waals surface area contributed by atoms with Gasteiger partial charge >= 0.3 is 0 Å². The SMILES string of the molecule is CC1(C)CC1CNC1CCCc2sc(Br)cc21. The summed E-state index contributed by atoms with van der Waals surface area (Å²) in [7, 11) is 0. The molecule has 1 N–H and O–H groups in total. The van der Waals surface area contributed by atoms with Crippen LogP contribution < -0.4 is 5.32 Å². The first-order valence-electron chi connectivity index (χ1n) is 6.58. The molecule has 94 valence electrons. The van der Waals surface area contributed by atoms with Crippen LogP contribution in [-0.4, -0.2) is 6.54 Å². The van der Waals surface area contributed by atoms with Crippen molar-refractivity contribution in [3.05, 3.63) is 20.3 Å². The van der Waals surface area contributed by atoms with Gasteiger partial charge in [0, 0.05) is 10.9 Å². The Balaban J connectivity index is 1.65. The highest BCUT2D eigenvalue weighted by atomic mass is 79.9. The van der Waals surface area contributed by atoms with E-state index in [-0.39, 0.29) is 0 Å². The smallest absolute Gasteiger partial charge is 0.0704 e. The molecule has 1 heterocycles. The van der Waals surface area contributed by atoms with Crippen LogP contribution in [0.5, 0.6) is 0 Å². The van der Waals surface area contributed by atoms with Crippen LogP contribution in [0.3, 0.4) is 0 Å². The number of rotatable bonds is 3. The Morgan fingerprint density at radius 1 is 1.53 bits per heavy atom. The van der Waals surface area contributed by atoms with Crippen LogP contribution in [0, 0.1) is 11.3 Å². The Morgan fingerprint density at radius 3 is 3.00 bits per heavy atom. The standard InChI is InChI=1S/C14H20BrNS/c1-14(2)7-9(14)8-16-11-4-3-5-12-10(11)6-13(15)17-12/h6,9,11,16H,3-5,7-8H2,1-2H3. The number of thiophene rings is 1. The predicted molar refractivity (Wildman–Crippen MR) is 77.6 cm³/mol. The van der Waals surface area contributed by atoms with E-state index in [2.05, 4.69) is 41.2 Å². The molecule has 1 fully saturated rings. The molecule has 1 aromatic heterocycles.